The third kappa shape index (κ3) is 2.56. The first-order valence-corrected chi connectivity index (χ1v) is 4.69. The van der Waals surface area contributed by atoms with Crippen molar-refractivity contribution in [3.63, 3.8) is 0 Å². The summed E-state index contributed by atoms with van der Waals surface area (Å²) in [5.74, 6) is -1.93. The Hall–Kier alpha value is -1.91. The van der Waals surface area contributed by atoms with Crippen LogP contribution in [0.15, 0.2) is 18.2 Å². The van der Waals surface area contributed by atoms with Crippen molar-refractivity contribution < 1.29 is 18.7 Å². The molecule has 0 aliphatic carbocycles. The number of hydrogen-bond donors (Lipinski definition) is 1. The van der Waals surface area contributed by atoms with E-state index in [1.807, 2.05) is 0 Å². The minimum absolute atomic E-state index is 0.0183. The fraction of sp³-hybridized carbons (Fsp3) is 0.273. The van der Waals surface area contributed by atoms with Gasteiger partial charge in [0.05, 0.1) is 0 Å². The summed E-state index contributed by atoms with van der Waals surface area (Å²) in [4.78, 5) is 22.0. The molecule has 1 unspecified atom stereocenters. The number of hydrogen-bond acceptors (Lipinski definition) is 3. The van der Waals surface area contributed by atoms with Gasteiger partial charge in [-0.25, -0.2) is 4.39 Å². The summed E-state index contributed by atoms with van der Waals surface area (Å²) in [7, 11) is 0. The zero-order valence-electron chi connectivity index (χ0n) is 8.99. The molecule has 1 aromatic rings. The Bertz CT molecular complexity index is 431. The highest BCUT2D eigenvalue weighted by Crippen LogP contribution is 2.22. The smallest absolute Gasteiger partial charge is 0.255 e. The molecule has 1 atom stereocenters. The molecule has 5 heteroatoms. The first-order chi connectivity index (χ1) is 7.43. The second-order valence-corrected chi connectivity index (χ2v) is 3.35. The minimum Gasteiger partial charge on any atom is -0.482 e. The van der Waals surface area contributed by atoms with Crippen LogP contribution in [0.5, 0.6) is 5.75 Å². The van der Waals surface area contributed by atoms with Crippen LogP contribution in [0.3, 0.4) is 0 Å². The van der Waals surface area contributed by atoms with Gasteiger partial charge in [0.15, 0.2) is 11.9 Å². The lowest BCUT2D eigenvalue weighted by molar-refractivity contribution is -0.122. The number of carbonyl (C=O) groups excluding carboxylic acids is 2. The zero-order valence-corrected chi connectivity index (χ0v) is 8.99. The number of ketones is 1. The van der Waals surface area contributed by atoms with E-state index in [9.17, 15) is 14.0 Å². The number of amides is 1. The molecule has 0 aliphatic heterocycles. The maximum absolute atomic E-state index is 13.3. The fourth-order valence-corrected chi connectivity index (χ4v) is 1.12. The van der Waals surface area contributed by atoms with E-state index in [1.54, 1.807) is 0 Å². The van der Waals surface area contributed by atoms with Gasteiger partial charge in [0.2, 0.25) is 0 Å². The van der Waals surface area contributed by atoms with Crippen molar-refractivity contribution in [3.05, 3.63) is 29.6 Å². The van der Waals surface area contributed by atoms with Crippen LogP contribution in [0.4, 0.5) is 4.39 Å². The highest BCUT2D eigenvalue weighted by molar-refractivity contribution is 5.96. The second-order valence-electron chi connectivity index (χ2n) is 3.35. The number of ether oxygens (including phenoxy) is 1. The van der Waals surface area contributed by atoms with E-state index in [2.05, 4.69) is 0 Å². The van der Waals surface area contributed by atoms with Crippen molar-refractivity contribution in [2.45, 2.75) is 20.0 Å². The molecule has 0 aliphatic rings. The average Bonchev–Trinajstić information content (AvgIpc) is 2.16. The van der Waals surface area contributed by atoms with Gasteiger partial charge in [-0.3, -0.25) is 9.59 Å². The predicted molar refractivity (Wildman–Crippen MR) is 55.7 cm³/mol. The lowest BCUT2D eigenvalue weighted by Gasteiger charge is -2.14. The van der Waals surface area contributed by atoms with Gasteiger partial charge in [-0.2, -0.15) is 0 Å². The summed E-state index contributed by atoms with van der Waals surface area (Å²) < 4.78 is 18.4. The van der Waals surface area contributed by atoms with Crippen LogP contribution in [-0.2, 0) is 4.79 Å². The van der Waals surface area contributed by atoms with Crippen molar-refractivity contribution in [1.82, 2.24) is 0 Å². The highest BCUT2D eigenvalue weighted by Gasteiger charge is 2.18. The molecule has 1 amide bonds. The number of benzene rings is 1. The number of nitrogens with two attached hydrogens (primary N) is 1. The zero-order chi connectivity index (χ0) is 12.3. The van der Waals surface area contributed by atoms with Crippen molar-refractivity contribution in [2.75, 3.05) is 0 Å². The molecular weight excluding hydrogens is 213 g/mol. The molecule has 86 valence electrons. The topological polar surface area (TPSA) is 69.4 Å². The van der Waals surface area contributed by atoms with Gasteiger partial charge in [-0.05, 0) is 26.0 Å². The fourth-order valence-electron chi connectivity index (χ4n) is 1.12. The van der Waals surface area contributed by atoms with Crippen molar-refractivity contribution >= 4 is 11.7 Å². The normalized spacial score (nSPS) is 11.9. The molecule has 2 N–H and O–H groups in total. The molecule has 0 bridgehead atoms. The molecule has 0 fully saturated rings. The first kappa shape index (κ1) is 12.2. The maximum Gasteiger partial charge on any atom is 0.255 e. The summed E-state index contributed by atoms with van der Waals surface area (Å²) in [5.41, 5.74) is 4.69. The Kier molecular flexibility index (Phi) is 3.60. The van der Waals surface area contributed by atoms with Crippen LogP contribution >= 0.6 is 0 Å². The Balaban J connectivity index is 3.09. The van der Waals surface area contributed by atoms with E-state index >= 15 is 0 Å². The quantitative estimate of drug-likeness (QED) is 0.839. The SMILES string of the molecule is CC(=O)C(C)Oc1cccc(F)c1C(N)=O. The molecular formula is C11H12FNO3. The van der Waals surface area contributed by atoms with E-state index in [0.717, 1.165) is 6.07 Å². The Labute approximate surface area is 92.2 Å². The number of halogens is 1. The van der Waals surface area contributed by atoms with E-state index in [0.29, 0.717) is 0 Å². The van der Waals surface area contributed by atoms with E-state index < -0.39 is 17.8 Å². The first-order valence-electron chi connectivity index (χ1n) is 4.69. The number of Topliss-reactive ketones (excluding diaryl/α,β-unsaturated/α-hetero) is 1. The predicted octanol–water partition coefficient (Wildman–Crippen LogP) is 1.28. The van der Waals surface area contributed by atoms with Gasteiger partial charge < -0.3 is 10.5 Å². The molecule has 0 saturated carbocycles. The Morgan fingerprint density at radius 3 is 2.56 bits per heavy atom. The van der Waals surface area contributed by atoms with Gasteiger partial charge >= 0.3 is 0 Å². The molecule has 0 heterocycles. The molecule has 1 rings (SSSR count). The van der Waals surface area contributed by atoms with E-state index in [-0.39, 0.29) is 17.1 Å². The van der Waals surface area contributed by atoms with Crippen LogP contribution in [-0.4, -0.2) is 17.8 Å². The van der Waals surface area contributed by atoms with Crippen LogP contribution in [0.25, 0.3) is 0 Å². The number of rotatable bonds is 4. The maximum atomic E-state index is 13.3. The third-order valence-corrected chi connectivity index (χ3v) is 2.10. The third-order valence-electron chi connectivity index (χ3n) is 2.10. The average molecular weight is 225 g/mol. The number of primary amides is 1. The monoisotopic (exact) mass is 225 g/mol. The molecule has 0 spiro atoms. The molecule has 1 aromatic carbocycles. The van der Waals surface area contributed by atoms with Crippen molar-refractivity contribution in [3.8, 4) is 5.75 Å². The van der Waals surface area contributed by atoms with Crippen LogP contribution in [0.1, 0.15) is 24.2 Å². The van der Waals surface area contributed by atoms with Gasteiger partial charge in [0.25, 0.3) is 5.91 Å². The van der Waals surface area contributed by atoms with Gasteiger partial charge in [-0.1, -0.05) is 6.07 Å². The summed E-state index contributed by atoms with van der Waals surface area (Å²) in [5, 5.41) is 0. The van der Waals surface area contributed by atoms with Crippen molar-refractivity contribution in [1.29, 1.82) is 0 Å². The van der Waals surface area contributed by atoms with Crippen LogP contribution in [0.2, 0.25) is 0 Å². The lowest BCUT2D eigenvalue weighted by atomic mass is 10.1. The van der Waals surface area contributed by atoms with Gasteiger partial charge in [0, 0.05) is 0 Å². The largest absolute Gasteiger partial charge is 0.482 e. The Morgan fingerprint density at radius 1 is 1.44 bits per heavy atom. The van der Waals surface area contributed by atoms with Gasteiger partial charge in [0.1, 0.15) is 17.1 Å². The molecule has 4 nitrogen and oxygen atoms in total. The van der Waals surface area contributed by atoms with E-state index in [1.165, 1.54) is 26.0 Å². The molecule has 16 heavy (non-hydrogen) atoms. The van der Waals surface area contributed by atoms with Crippen molar-refractivity contribution in [2.24, 2.45) is 5.73 Å². The van der Waals surface area contributed by atoms with Crippen LogP contribution < -0.4 is 10.5 Å². The highest BCUT2D eigenvalue weighted by atomic mass is 19.1. The summed E-state index contributed by atoms with van der Waals surface area (Å²) in [6, 6.07) is 3.87. The summed E-state index contributed by atoms with van der Waals surface area (Å²) in [6.07, 6.45) is -0.750. The minimum atomic E-state index is -0.927. The van der Waals surface area contributed by atoms with Crippen LogP contribution in [0, 0.1) is 5.82 Å². The lowest BCUT2D eigenvalue weighted by Crippen LogP contribution is -2.23. The molecule has 0 radical (unpaired) electrons. The second kappa shape index (κ2) is 4.74. The standard InChI is InChI=1S/C11H12FNO3/c1-6(14)7(2)16-9-5-3-4-8(12)10(9)11(13)15/h3-5,7H,1-2H3,(H2,13,15). The number of carbonyl (C=O) groups is 2. The Morgan fingerprint density at radius 2 is 2.06 bits per heavy atom. The molecule has 0 aromatic heterocycles. The molecule has 0 saturated heterocycles. The summed E-state index contributed by atoms with van der Waals surface area (Å²) >= 11 is 0. The van der Waals surface area contributed by atoms with Gasteiger partial charge in [-0.15, -0.1) is 0 Å². The summed E-state index contributed by atoms with van der Waals surface area (Å²) in [6.45, 7) is 2.85. The van der Waals surface area contributed by atoms with E-state index in [4.69, 9.17) is 10.5 Å².